The van der Waals surface area contributed by atoms with Gasteiger partial charge in [-0.3, -0.25) is 9.59 Å². The fourth-order valence-electron chi connectivity index (χ4n) is 5.68. The third-order valence-electron chi connectivity index (χ3n) is 7.86. The number of pyridine rings is 2. The molecule has 4 heterocycles. The minimum absolute atomic E-state index is 0.0371. The van der Waals surface area contributed by atoms with E-state index in [2.05, 4.69) is 27.0 Å². The molecule has 0 saturated carbocycles. The minimum atomic E-state index is -0.488. The Balaban J connectivity index is 1.46. The van der Waals surface area contributed by atoms with Crippen LogP contribution >= 0.6 is 11.6 Å². The molecule has 0 spiro atoms. The molecule has 42 heavy (non-hydrogen) atoms. The standard InChI is InChI=1S/C31H36ClFN6O3/c1-4-22-19-38(31(41)23-9-8-20(33)17-25(23)32)15-16-39(22)27-11-10-26(24-7-6-13-34-30(24)42-5-2)36-28(27)29(40)35-21-12-14-37(3)18-21/h6-11,13,17,21-22H,4-5,12,14-16,18-19H2,1-3H3,(H,35,40)/t21-,22-/m1/s1. The maximum absolute atomic E-state index is 13.8. The summed E-state index contributed by atoms with van der Waals surface area (Å²) in [6.45, 7) is 7.43. The number of likely N-dealkylation sites (N-methyl/N-ethyl adjacent to an activating group) is 1. The lowest BCUT2D eigenvalue weighted by molar-refractivity contribution is 0.0720. The van der Waals surface area contributed by atoms with Crippen molar-refractivity contribution in [3.8, 4) is 17.1 Å². The Morgan fingerprint density at radius 3 is 2.67 bits per heavy atom. The van der Waals surface area contributed by atoms with Crippen LogP contribution in [0.4, 0.5) is 10.1 Å². The number of anilines is 1. The van der Waals surface area contributed by atoms with E-state index in [1.54, 1.807) is 11.1 Å². The molecule has 2 saturated heterocycles. The van der Waals surface area contributed by atoms with Crippen LogP contribution in [0.5, 0.6) is 5.88 Å². The number of hydrogen-bond donors (Lipinski definition) is 1. The predicted octanol–water partition coefficient (Wildman–Crippen LogP) is 4.51. The molecule has 0 aliphatic carbocycles. The van der Waals surface area contributed by atoms with E-state index in [-0.39, 0.29) is 34.5 Å². The first-order valence-electron chi connectivity index (χ1n) is 14.4. The Morgan fingerprint density at radius 1 is 1.12 bits per heavy atom. The van der Waals surface area contributed by atoms with Gasteiger partial charge >= 0.3 is 0 Å². The number of rotatable bonds is 8. The van der Waals surface area contributed by atoms with Gasteiger partial charge in [0.05, 0.1) is 34.1 Å². The van der Waals surface area contributed by atoms with Crippen molar-refractivity contribution >= 4 is 29.1 Å². The van der Waals surface area contributed by atoms with Crippen LogP contribution in [0.15, 0.2) is 48.7 Å². The van der Waals surface area contributed by atoms with E-state index in [9.17, 15) is 14.0 Å². The monoisotopic (exact) mass is 594 g/mol. The molecule has 11 heteroatoms. The highest BCUT2D eigenvalue weighted by atomic mass is 35.5. The SMILES string of the molecule is CCOc1ncccc1-c1ccc(N2CCN(C(=O)c3ccc(F)cc3Cl)C[C@H]2CC)c(C(=O)N[C@@H]2CCN(C)C2)n1. The number of ether oxygens (including phenoxy) is 1. The summed E-state index contributed by atoms with van der Waals surface area (Å²) in [6.07, 6.45) is 3.27. The Bertz CT molecular complexity index is 1460. The highest BCUT2D eigenvalue weighted by Gasteiger charge is 2.33. The van der Waals surface area contributed by atoms with Crippen LogP contribution < -0.4 is 15.0 Å². The highest BCUT2D eigenvalue weighted by Crippen LogP contribution is 2.32. The molecule has 1 N–H and O–H groups in total. The van der Waals surface area contributed by atoms with Crippen LogP contribution in [0, 0.1) is 5.82 Å². The van der Waals surface area contributed by atoms with E-state index in [0.29, 0.717) is 54.8 Å². The average molecular weight is 595 g/mol. The first kappa shape index (κ1) is 29.7. The fraction of sp³-hybridized carbons (Fsp3) is 0.419. The number of halogens is 2. The second-order valence-electron chi connectivity index (χ2n) is 10.7. The molecule has 0 bridgehead atoms. The van der Waals surface area contributed by atoms with Crippen LogP contribution in [-0.4, -0.2) is 90.0 Å². The number of hydrogen-bond acceptors (Lipinski definition) is 7. The van der Waals surface area contributed by atoms with Crippen molar-refractivity contribution in [1.29, 1.82) is 0 Å². The molecule has 1 aromatic carbocycles. The van der Waals surface area contributed by atoms with Gasteiger partial charge in [-0.15, -0.1) is 0 Å². The van der Waals surface area contributed by atoms with E-state index in [4.69, 9.17) is 21.3 Å². The molecule has 2 aliphatic heterocycles. The lowest BCUT2D eigenvalue weighted by atomic mass is 10.0. The normalized spacial score (nSPS) is 19.2. The van der Waals surface area contributed by atoms with Crippen molar-refractivity contribution in [2.45, 2.75) is 38.8 Å². The summed E-state index contributed by atoms with van der Waals surface area (Å²) in [6, 6.07) is 11.3. The van der Waals surface area contributed by atoms with Gasteiger partial charge in [-0.2, -0.15) is 0 Å². The summed E-state index contributed by atoms with van der Waals surface area (Å²) in [5, 5.41) is 3.28. The van der Waals surface area contributed by atoms with Crippen LogP contribution in [0.3, 0.4) is 0 Å². The quantitative estimate of drug-likeness (QED) is 0.410. The lowest BCUT2D eigenvalue weighted by Gasteiger charge is -2.43. The minimum Gasteiger partial charge on any atom is -0.477 e. The first-order chi connectivity index (χ1) is 20.3. The summed E-state index contributed by atoms with van der Waals surface area (Å²) in [5.41, 5.74) is 2.61. The molecule has 2 aliphatic rings. The van der Waals surface area contributed by atoms with Crippen molar-refractivity contribution in [3.63, 3.8) is 0 Å². The second-order valence-corrected chi connectivity index (χ2v) is 11.1. The number of carbonyl (C=O) groups is 2. The number of nitrogens with zero attached hydrogens (tertiary/aromatic N) is 5. The topological polar surface area (TPSA) is 90.9 Å². The van der Waals surface area contributed by atoms with Gasteiger partial charge in [-0.25, -0.2) is 14.4 Å². The molecule has 3 aromatic rings. The van der Waals surface area contributed by atoms with Crippen LogP contribution in [0.25, 0.3) is 11.3 Å². The van der Waals surface area contributed by atoms with Gasteiger partial charge in [-0.05, 0) is 75.8 Å². The van der Waals surface area contributed by atoms with Crippen LogP contribution in [-0.2, 0) is 0 Å². The van der Waals surface area contributed by atoms with Crippen LogP contribution in [0.1, 0.15) is 47.5 Å². The molecular formula is C31H36ClFN6O3. The zero-order chi connectivity index (χ0) is 29.8. The van der Waals surface area contributed by atoms with Crippen molar-refractivity contribution < 1.29 is 18.7 Å². The molecule has 2 atom stereocenters. The Morgan fingerprint density at radius 2 is 1.95 bits per heavy atom. The van der Waals surface area contributed by atoms with E-state index >= 15 is 0 Å². The molecule has 222 valence electrons. The van der Waals surface area contributed by atoms with E-state index in [1.807, 2.05) is 38.2 Å². The zero-order valence-electron chi connectivity index (χ0n) is 24.1. The largest absolute Gasteiger partial charge is 0.477 e. The predicted molar refractivity (Wildman–Crippen MR) is 161 cm³/mol. The summed E-state index contributed by atoms with van der Waals surface area (Å²) in [5.74, 6) is -0.504. The van der Waals surface area contributed by atoms with Gasteiger partial charge in [0.1, 0.15) is 5.82 Å². The third-order valence-corrected chi connectivity index (χ3v) is 8.17. The molecule has 0 radical (unpaired) electrons. The molecule has 2 aromatic heterocycles. The fourth-order valence-corrected chi connectivity index (χ4v) is 5.93. The summed E-state index contributed by atoms with van der Waals surface area (Å²) in [4.78, 5) is 42.5. The zero-order valence-corrected chi connectivity index (χ0v) is 24.9. The molecule has 2 amide bonds. The van der Waals surface area contributed by atoms with Gasteiger partial charge in [0, 0.05) is 44.5 Å². The lowest BCUT2D eigenvalue weighted by Crippen LogP contribution is -2.55. The van der Waals surface area contributed by atoms with E-state index in [0.717, 1.165) is 32.0 Å². The van der Waals surface area contributed by atoms with E-state index < -0.39 is 5.82 Å². The first-order valence-corrected chi connectivity index (χ1v) is 14.8. The number of likely N-dealkylation sites (tertiary alicyclic amines) is 1. The van der Waals surface area contributed by atoms with Crippen LogP contribution in [0.2, 0.25) is 5.02 Å². The highest BCUT2D eigenvalue weighted by molar-refractivity contribution is 6.33. The van der Waals surface area contributed by atoms with Crippen molar-refractivity contribution in [2.75, 3.05) is 51.3 Å². The van der Waals surface area contributed by atoms with Crippen molar-refractivity contribution in [3.05, 3.63) is 70.8 Å². The number of piperazine rings is 1. The van der Waals surface area contributed by atoms with Gasteiger partial charge in [0.15, 0.2) is 5.69 Å². The number of benzene rings is 1. The maximum Gasteiger partial charge on any atom is 0.272 e. The molecular weight excluding hydrogens is 559 g/mol. The van der Waals surface area contributed by atoms with Crippen molar-refractivity contribution in [1.82, 2.24) is 25.1 Å². The number of amides is 2. The number of carbonyl (C=O) groups excluding carboxylic acids is 2. The summed E-state index contributed by atoms with van der Waals surface area (Å²) >= 11 is 6.20. The molecule has 2 fully saturated rings. The second kappa shape index (κ2) is 13.0. The number of aromatic nitrogens is 2. The van der Waals surface area contributed by atoms with Gasteiger partial charge in [-0.1, -0.05) is 18.5 Å². The maximum atomic E-state index is 13.8. The van der Waals surface area contributed by atoms with Crippen molar-refractivity contribution in [2.24, 2.45) is 0 Å². The Hall–Kier alpha value is -3.76. The third kappa shape index (κ3) is 6.34. The smallest absolute Gasteiger partial charge is 0.272 e. The average Bonchev–Trinajstić information content (AvgIpc) is 3.40. The Kier molecular flexibility index (Phi) is 9.23. The molecule has 5 rings (SSSR count). The Labute approximate surface area is 250 Å². The van der Waals surface area contributed by atoms with Gasteiger partial charge < -0.3 is 24.8 Å². The molecule has 9 nitrogen and oxygen atoms in total. The van der Waals surface area contributed by atoms with Gasteiger partial charge in [0.25, 0.3) is 11.8 Å². The van der Waals surface area contributed by atoms with E-state index in [1.165, 1.54) is 12.1 Å². The van der Waals surface area contributed by atoms with Gasteiger partial charge in [0.2, 0.25) is 5.88 Å². The number of nitrogens with one attached hydrogen (secondary N) is 1. The molecule has 0 unspecified atom stereocenters. The summed E-state index contributed by atoms with van der Waals surface area (Å²) in [7, 11) is 2.04. The summed E-state index contributed by atoms with van der Waals surface area (Å²) < 4.78 is 19.3.